The van der Waals surface area contributed by atoms with Gasteiger partial charge in [-0.1, -0.05) is 42.5 Å². The molecule has 0 aliphatic carbocycles. The van der Waals surface area contributed by atoms with Crippen molar-refractivity contribution in [2.75, 3.05) is 18.8 Å². The highest BCUT2D eigenvalue weighted by Gasteiger charge is 2.37. The first kappa shape index (κ1) is 24.0. The van der Waals surface area contributed by atoms with Gasteiger partial charge < -0.3 is 4.74 Å². The molecular formula is C21H23F3N2O5S. The molecule has 0 saturated carbocycles. The van der Waals surface area contributed by atoms with Gasteiger partial charge in [-0.15, -0.1) is 0 Å². The quantitative estimate of drug-likeness (QED) is 0.477. The Morgan fingerprint density at radius 1 is 1.09 bits per heavy atom. The van der Waals surface area contributed by atoms with Crippen LogP contribution < -0.4 is 10.2 Å². The van der Waals surface area contributed by atoms with E-state index in [9.17, 15) is 26.4 Å². The van der Waals surface area contributed by atoms with Crippen LogP contribution in [-0.4, -0.2) is 48.8 Å². The second kappa shape index (κ2) is 9.88. The van der Waals surface area contributed by atoms with Crippen LogP contribution in [0.1, 0.15) is 29.9 Å². The second-order valence-corrected chi connectivity index (χ2v) is 9.44. The predicted octanol–water partition coefficient (Wildman–Crippen LogP) is 3.17. The molecule has 174 valence electrons. The molecule has 32 heavy (non-hydrogen) atoms. The van der Waals surface area contributed by atoms with Gasteiger partial charge in [0.2, 0.25) is 10.0 Å². The summed E-state index contributed by atoms with van der Waals surface area (Å²) in [6.45, 7) is 0.0902. The summed E-state index contributed by atoms with van der Waals surface area (Å²) in [4.78, 5) is 12.1. The van der Waals surface area contributed by atoms with E-state index in [0.29, 0.717) is 5.56 Å². The summed E-state index contributed by atoms with van der Waals surface area (Å²) in [7, 11) is -3.89. The summed E-state index contributed by atoms with van der Waals surface area (Å²) in [5, 5.41) is 9.02. The summed E-state index contributed by atoms with van der Waals surface area (Å²) in [5.41, 5.74) is 1.06. The van der Waals surface area contributed by atoms with E-state index >= 15 is 0 Å². The van der Waals surface area contributed by atoms with Gasteiger partial charge in [0.15, 0.2) is 0 Å². The van der Waals surface area contributed by atoms with Gasteiger partial charge in [-0.05, 0) is 30.5 Å². The Kier molecular flexibility index (Phi) is 7.42. The van der Waals surface area contributed by atoms with E-state index in [2.05, 4.69) is 0 Å². The molecule has 1 aliphatic heterocycles. The second-order valence-electron chi connectivity index (χ2n) is 7.43. The molecular weight excluding hydrogens is 449 g/mol. The van der Waals surface area contributed by atoms with Crippen LogP contribution in [0.25, 0.3) is 0 Å². The molecule has 1 heterocycles. The topological polar surface area (TPSA) is 95.9 Å². The number of hydrogen-bond acceptors (Lipinski definition) is 5. The summed E-state index contributed by atoms with van der Waals surface area (Å²) < 4.78 is 72.0. The molecule has 1 saturated heterocycles. The smallest absolute Gasteiger partial charge is 0.419 e. The third-order valence-corrected chi connectivity index (χ3v) is 7.19. The molecule has 1 atom stereocenters. The molecule has 0 bridgehead atoms. The van der Waals surface area contributed by atoms with Crippen molar-refractivity contribution >= 4 is 15.9 Å². The van der Waals surface area contributed by atoms with Gasteiger partial charge in [0.05, 0.1) is 17.2 Å². The molecule has 2 aromatic rings. The maximum atomic E-state index is 13.2. The lowest BCUT2D eigenvalue weighted by Crippen LogP contribution is -2.44. The lowest BCUT2D eigenvalue weighted by Gasteiger charge is -2.32. The van der Waals surface area contributed by atoms with Crippen LogP contribution in [0.15, 0.2) is 54.6 Å². The minimum Gasteiger partial charge on any atom is -0.490 e. The number of sulfonamides is 1. The summed E-state index contributed by atoms with van der Waals surface area (Å²) in [6, 6.07) is 13.1. The van der Waals surface area contributed by atoms with Crippen molar-refractivity contribution in [2.24, 2.45) is 0 Å². The van der Waals surface area contributed by atoms with Gasteiger partial charge in [-0.25, -0.2) is 18.2 Å². The lowest BCUT2D eigenvalue weighted by atomic mass is 10.0. The Hall–Kier alpha value is -2.63. The van der Waals surface area contributed by atoms with E-state index in [0.717, 1.165) is 6.07 Å². The number of amides is 1. The zero-order chi connectivity index (χ0) is 23.4. The monoisotopic (exact) mass is 472 g/mol. The van der Waals surface area contributed by atoms with Crippen molar-refractivity contribution in [3.63, 3.8) is 0 Å². The number of nitrogens with one attached hydrogen (secondary N) is 1. The van der Waals surface area contributed by atoms with E-state index < -0.39 is 45.4 Å². The fourth-order valence-electron chi connectivity index (χ4n) is 3.61. The van der Waals surface area contributed by atoms with Crippen LogP contribution >= 0.6 is 0 Å². The molecule has 3 rings (SSSR count). The van der Waals surface area contributed by atoms with Crippen molar-refractivity contribution in [1.82, 2.24) is 9.79 Å². The number of rotatable bonds is 7. The molecule has 0 unspecified atom stereocenters. The van der Waals surface area contributed by atoms with Gasteiger partial charge in [0, 0.05) is 13.1 Å². The van der Waals surface area contributed by atoms with Crippen molar-refractivity contribution in [3.8, 4) is 5.75 Å². The summed E-state index contributed by atoms with van der Waals surface area (Å²) in [6.07, 6.45) is -4.72. The zero-order valence-electron chi connectivity index (χ0n) is 17.0. The molecule has 1 fully saturated rings. The van der Waals surface area contributed by atoms with E-state index in [4.69, 9.17) is 9.94 Å². The molecule has 1 aliphatic rings. The molecule has 0 spiro atoms. The minimum atomic E-state index is -4.56. The number of carbonyl (C=O) groups excluding carboxylic acids is 1. The maximum absolute atomic E-state index is 13.2. The van der Waals surface area contributed by atoms with Gasteiger partial charge in [-0.3, -0.25) is 10.0 Å². The number of piperidine rings is 1. The van der Waals surface area contributed by atoms with Crippen LogP contribution in [-0.2, 0) is 21.0 Å². The van der Waals surface area contributed by atoms with E-state index in [1.54, 1.807) is 30.3 Å². The van der Waals surface area contributed by atoms with E-state index in [-0.39, 0.29) is 31.7 Å². The first-order valence-corrected chi connectivity index (χ1v) is 11.5. The Morgan fingerprint density at radius 2 is 1.69 bits per heavy atom. The normalized spacial score (nSPS) is 17.0. The number of ether oxygens (including phenoxy) is 1. The molecule has 2 N–H and O–H groups in total. The Bertz CT molecular complexity index is 1020. The highest BCUT2D eigenvalue weighted by Crippen LogP contribution is 2.37. The maximum Gasteiger partial charge on any atom is 0.419 e. The van der Waals surface area contributed by atoms with Crippen molar-refractivity contribution in [2.45, 2.75) is 31.0 Å². The van der Waals surface area contributed by atoms with Crippen LogP contribution in [0.5, 0.6) is 5.75 Å². The van der Waals surface area contributed by atoms with E-state index in [1.165, 1.54) is 28.0 Å². The molecule has 2 aromatic carbocycles. The van der Waals surface area contributed by atoms with Gasteiger partial charge >= 0.3 is 6.18 Å². The van der Waals surface area contributed by atoms with Crippen LogP contribution in [0.2, 0.25) is 0 Å². The first-order chi connectivity index (χ1) is 15.1. The average molecular weight is 472 g/mol. The Labute approximate surface area is 183 Å². The Morgan fingerprint density at radius 3 is 2.28 bits per heavy atom. The standard InChI is InChI=1S/C21H23F3N2O5S/c22-21(23,24)18-8-4-5-9-19(18)31-16-10-12-26(13-11-16)32(29,30)14-17(20(27)25-28)15-6-2-1-3-7-15/h1-9,16-17,28H,10-14H2,(H,25,27)/t17-/m1/s1. The van der Waals surface area contributed by atoms with Crippen LogP contribution in [0.3, 0.4) is 0 Å². The molecule has 0 radical (unpaired) electrons. The largest absolute Gasteiger partial charge is 0.490 e. The van der Waals surface area contributed by atoms with Crippen LogP contribution in [0, 0.1) is 0 Å². The SMILES string of the molecule is O=C(NO)[C@H](CS(=O)(=O)N1CCC(Oc2ccccc2C(F)(F)F)CC1)c1ccccc1. The van der Waals surface area contributed by atoms with Crippen molar-refractivity contribution in [1.29, 1.82) is 0 Å². The highest BCUT2D eigenvalue weighted by molar-refractivity contribution is 7.89. The van der Waals surface area contributed by atoms with Gasteiger partial charge in [-0.2, -0.15) is 13.2 Å². The fraction of sp³-hybridized carbons (Fsp3) is 0.381. The number of para-hydroxylation sites is 1. The predicted molar refractivity (Wildman–Crippen MR) is 110 cm³/mol. The lowest BCUT2D eigenvalue weighted by molar-refractivity contribution is -0.139. The number of halogens is 3. The zero-order valence-corrected chi connectivity index (χ0v) is 17.8. The Balaban J connectivity index is 1.66. The molecule has 1 amide bonds. The van der Waals surface area contributed by atoms with Crippen LogP contribution in [0.4, 0.5) is 13.2 Å². The van der Waals surface area contributed by atoms with Gasteiger partial charge in [0.1, 0.15) is 11.9 Å². The minimum absolute atomic E-state index is 0.0451. The number of hydrogen-bond donors (Lipinski definition) is 2. The van der Waals surface area contributed by atoms with Crippen molar-refractivity contribution in [3.05, 3.63) is 65.7 Å². The number of nitrogens with zero attached hydrogens (tertiary/aromatic N) is 1. The van der Waals surface area contributed by atoms with Crippen molar-refractivity contribution < 1.29 is 36.3 Å². The summed E-state index contributed by atoms with van der Waals surface area (Å²) >= 11 is 0. The average Bonchev–Trinajstić information content (AvgIpc) is 2.77. The number of hydroxylamine groups is 1. The number of alkyl halides is 3. The molecule has 7 nitrogen and oxygen atoms in total. The molecule has 0 aromatic heterocycles. The number of carbonyl (C=O) groups is 1. The third kappa shape index (κ3) is 5.78. The highest BCUT2D eigenvalue weighted by atomic mass is 32.2. The summed E-state index contributed by atoms with van der Waals surface area (Å²) in [5.74, 6) is -2.79. The van der Waals surface area contributed by atoms with E-state index in [1.807, 2.05) is 0 Å². The third-order valence-electron chi connectivity index (χ3n) is 5.29. The number of benzene rings is 2. The van der Waals surface area contributed by atoms with Gasteiger partial charge in [0.25, 0.3) is 5.91 Å². The molecule has 11 heteroatoms. The fourth-order valence-corrected chi connectivity index (χ4v) is 5.36. The first-order valence-electron chi connectivity index (χ1n) is 9.91.